The van der Waals surface area contributed by atoms with Crippen LogP contribution in [0.3, 0.4) is 0 Å². The van der Waals surface area contributed by atoms with Crippen molar-refractivity contribution in [2.24, 2.45) is 0 Å². The van der Waals surface area contributed by atoms with Crippen LogP contribution in [0.15, 0.2) is 6.07 Å². The topological polar surface area (TPSA) is 57.5 Å². The Morgan fingerprint density at radius 1 is 1.38 bits per heavy atom. The fourth-order valence-electron chi connectivity index (χ4n) is 1.49. The molecule has 0 aliphatic carbocycles. The number of carboxylic acids is 1. The second kappa shape index (κ2) is 3.98. The highest BCUT2D eigenvalue weighted by Crippen LogP contribution is 2.38. The molecule has 0 saturated carbocycles. The molecule has 0 radical (unpaired) electrons. The number of phenols is 1. The molecule has 0 aliphatic heterocycles. The molecule has 0 saturated heterocycles. The molecule has 1 aromatic carbocycles. The summed E-state index contributed by atoms with van der Waals surface area (Å²) in [7, 11) is 0. The molecule has 0 amide bonds. The van der Waals surface area contributed by atoms with Crippen molar-refractivity contribution >= 4 is 17.6 Å². The summed E-state index contributed by atoms with van der Waals surface area (Å²) in [6, 6.07) is 1.44. The first-order valence-corrected chi connectivity index (χ1v) is 5.30. The molecule has 0 fully saturated rings. The number of aromatic carboxylic acids is 1. The lowest BCUT2D eigenvalue weighted by atomic mass is 9.84. The van der Waals surface area contributed by atoms with E-state index in [0.717, 1.165) is 5.56 Å². The third-order valence-electron chi connectivity index (χ3n) is 2.50. The summed E-state index contributed by atoms with van der Waals surface area (Å²) in [4.78, 5) is 11.0. The van der Waals surface area contributed by atoms with E-state index in [2.05, 4.69) is 0 Å². The van der Waals surface area contributed by atoms with Gasteiger partial charge in [-0.15, -0.1) is 0 Å². The Kier molecular flexibility index (Phi) is 3.20. The summed E-state index contributed by atoms with van der Waals surface area (Å²) in [5.41, 5.74) is 0.764. The van der Waals surface area contributed by atoms with Gasteiger partial charge in [0.25, 0.3) is 0 Å². The summed E-state index contributed by atoms with van der Waals surface area (Å²) in [5, 5.41) is 19.1. The lowest BCUT2D eigenvalue weighted by molar-refractivity contribution is 0.0693. The number of hydrogen-bond donors (Lipinski definition) is 2. The van der Waals surface area contributed by atoms with Crippen molar-refractivity contribution in [2.45, 2.75) is 33.1 Å². The van der Waals surface area contributed by atoms with Gasteiger partial charge in [0.05, 0.1) is 5.02 Å². The highest BCUT2D eigenvalue weighted by molar-refractivity contribution is 6.32. The van der Waals surface area contributed by atoms with Crippen molar-refractivity contribution in [2.75, 3.05) is 0 Å². The van der Waals surface area contributed by atoms with E-state index in [-0.39, 0.29) is 16.7 Å². The minimum atomic E-state index is -1.15. The summed E-state index contributed by atoms with van der Waals surface area (Å²) in [6.45, 7) is 7.43. The van der Waals surface area contributed by atoms with Crippen LogP contribution in [0.25, 0.3) is 0 Å². The zero-order chi connectivity index (χ0) is 12.7. The zero-order valence-electron chi connectivity index (χ0n) is 9.76. The molecular weight excluding hydrogens is 228 g/mol. The number of halogens is 1. The normalized spacial score (nSPS) is 11.6. The molecule has 0 spiro atoms. The van der Waals surface area contributed by atoms with E-state index < -0.39 is 5.97 Å². The van der Waals surface area contributed by atoms with Gasteiger partial charge >= 0.3 is 5.97 Å². The first-order valence-electron chi connectivity index (χ1n) is 4.92. The Labute approximate surface area is 99.7 Å². The Morgan fingerprint density at radius 2 is 1.88 bits per heavy atom. The molecule has 4 heteroatoms. The summed E-state index contributed by atoms with van der Waals surface area (Å²) in [5.74, 6) is -1.41. The van der Waals surface area contributed by atoms with Crippen LogP contribution in [0, 0.1) is 6.92 Å². The highest BCUT2D eigenvalue weighted by Gasteiger charge is 2.24. The van der Waals surface area contributed by atoms with Crippen LogP contribution in [0.2, 0.25) is 5.02 Å². The number of carboxylic acid groups (broad SMARTS) is 1. The molecule has 1 rings (SSSR count). The van der Waals surface area contributed by atoms with Crippen molar-refractivity contribution in [3.05, 3.63) is 27.8 Å². The van der Waals surface area contributed by atoms with E-state index in [1.807, 2.05) is 20.8 Å². The van der Waals surface area contributed by atoms with Gasteiger partial charge in [-0.05, 0) is 24.0 Å². The van der Waals surface area contributed by atoms with Crippen LogP contribution in [-0.2, 0) is 5.41 Å². The SMILES string of the molecule is Cc1c(O)c(C(=O)O)cc(C(C)(C)C)c1Cl. The smallest absolute Gasteiger partial charge is 0.339 e. The Morgan fingerprint density at radius 3 is 2.25 bits per heavy atom. The molecule has 16 heavy (non-hydrogen) atoms. The van der Waals surface area contributed by atoms with Crippen LogP contribution >= 0.6 is 11.6 Å². The van der Waals surface area contributed by atoms with E-state index in [1.54, 1.807) is 6.92 Å². The number of benzene rings is 1. The van der Waals surface area contributed by atoms with E-state index >= 15 is 0 Å². The van der Waals surface area contributed by atoms with Gasteiger partial charge in [0.2, 0.25) is 0 Å². The maximum atomic E-state index is 11.0. The number of carbonyl (C=O) groups is 1. The summed E-state index contributed by atoms with van der Waals surface area (Å²) >= 11 is 6.11. The standard InChI is InChI=1S/C12H15ClO3/c1-6-9(13)8(12(2,3)4)5-7(10(6)14)11(15)16/h5,14H,1-4H3,(H,15,16). The molecule has 0 aliphatic rings. The van der Waals surface area contributed by atoms with Crippen molar-refractivity contribution in [3.63, 3.8) is 0 Å². The number of rotatable bonds is 1. The van der Waals surface area contributed by atoms with Gasteiger partial charge in [-0.2, -0.15) is 0 Å². The van der Waals surface area contributed by atoms with Gasteiger partial charge < -0.3 is 10.2 Å². The summed E-state index contributed by atoms with van der Waals surface area (Å²) < 4.78 is 0. The van der Waals surface area contributed by atoms with Gasteiger partial charge in [0.1, 0.15) is 11.3 Å². The van der Waals surface area contributed by atoms with Crippen molar-refractivity contribution in [3.8, 4) is 5.75 Å². The maximum Gasteiger partial charge on any atom is 0.339 e. The van der Waals surface area contributed by atoms with Crippen LogP contribution in [-0.4, -0.2) is 16.2 Å². The average molecular weight is 243 g/mol. The fourth-order valence-corrected chi connectivity index (χ4v) is 1.92. The molecule has 0 atom stereocenters. The predicted molar refractivity (Wildman–Crippen MR) is 63.5 cm³/mol. The van der Waals surface area contributed by atoms with Gasteiger partial charge in [-0.1, -0.05) is 32.4 Å². The first kappa shape index (κ1) is 12.8. The molecule has 0 heterocycles. The minimum absolute atomic E-state index is 0.105. The van der Waals surface area contributed by atoms with Crippen LogP contribution in [0.4, 0.5) is 0 Å². The Bertz CT molecular complexity index is 445. The predicted octanol–water partition coefficient (Wildman–Crippen LogP) is 3.35. The molecule has 3 nitrogen and oxygen atoms in total. The van der Waals surface area contributed by atoms with Crippen molar-refractivity contribution in [1.82, 2.24) is 0 Å². The van der Waals surface area contributed by atoms with Crippen LogP contribution in [0.1, 0.15) is 42.3 Å². The number of hydrogen-bond acceptors (Lipinski definition) is 2. The quantitative estimate of drug-likeness (QED) is 0.794. The Hall–Kier alpha value is -1.22. The van der Waals surface area contributed by atoms with Crippen LogP contribution < -0.4 is 0 Å². The minimum Gasteiger partial charge on any atom is -0.507 e. The molecule has 88 valence electrons. The molecule has 0 bridgehead atoms. The van der Waals surface area contributed by atoms with Gasteiger partial charge in [0.15, 0.2) is 0 Å². The number of aromatic hydroxyl groups is 1. The van der Waals surface area contributed by atoms with E-state index in [1.165, 1.54) is 6.07 Å². The van der Waals surface area contributed by atoms with E-state index in [4.69, 9.17) is 16.7 Å². The molecule has 0 aromatic heterocycles. The molecular formula is C12H15ClO3. The lowest BCUT2D eigenvalue weighted by Gasteiger charge is -2.23. The van der Waals surface area contributed by atoms with Crippen LogP contribution in [0.5, 0.6) is 5.75 Å². The lowest BCUT2D eigenvalue weighted by Crippen LogP contribution is -2.14. The molecule has 0 unspecified atom stereocenters. The average Bonchev–Trinajstić information content (AvgIpc) is 2.11. The third kappa shape index (κ3) is 2.14. The van der Waals surface area contributed by atoms with E-state index in [0.29, 0.717) is 10.6 Å². The molecule has 2 N–H and O–H groups in total. The van der Waals surface area contributed by atoms with Crippen molar-refractivity contribution < 1.29 is 15.0 Å². The second-order valence-corrected chi connectivity index (χ2v) is 5.19. The van der Waals surface area contributed by atoms with Gasteiger partial charge in [0, 0.05) is 5.56 Å². The highest BCUT2D eigenvalue weighted by atomic mass is 35.5. The van der Waals surface area contributed by atoms with Gasteiger partial charge in [-0.25, -0.2) is 4.79 Å². The zero-order valence-corrected chi connectivity index (χ0v) is 10.5. The third-order valence-corrected chi connectivity index (χ3v) is 2.99. The van der Waals surface area contributed by atoms with Crippen molar-refractivity contribution in [1.29, 1.82) is 0 Å². The first-order chi connectivity index (χ1) is 7.16. The summed E-state index contributed by atoms with van der Waals surface area (Å²) in [6.07, 6.45) is 0. The fraction of sp³-hybridized carbons (Fsp3) is 0.417. The molecule has 1 aromatic rings. The monoisotopic (exact) mass is 242 g/mol. The largest absolute Gasteiger partial charge is 0.507 e. The maximum absolute atomic E-state index is 11.0. The Balaban J connectivity index is 3.61. The second-order valence-electron chi connectivity index (χ2n) is 4.81. The van der Waals surface area contributed by atoms with Gasteiger partial charge in [-0.3, -0.25) is 0 Å². The van der Waals surface area contributed by atoms with E-state index in [9.17, 15) is 9.90 Å².